The average Bonchev–Trinajstić information content (AvgIpc) is 2.45. The zero-order valence-corrected chi connectivity index (χ0v) is 10.6. The third-order valence-electron chi connectivity index (χ3n) is 3.15. The fraction of sp³-hybridized carbons (Fsp3) is 0.0625. The quantitative estimate of drug-likeness (QED) is 0.708. The molecule has 0 aliphatic heterocycles. The van der Waals surface area contributed by atoms with Crippen LogP contribution in [0.25, 0.3) is 10.9 Å². The molecule has 3 aromatic rings. The van der Waals surface area contributed by atoms with Gasteiger partial charge in [-0.1, -0.05) is 18.2 Å². The average molecular weight is 250 g/mol. The number of aromatic hydroxyl groups is 1. The molecule has 0 unspecified atom stereocenters. The first-order valence-electron chi connectivity index (χ1n) is 6.12. The molecule has 1 aromatic heterocycles. The Morgan fingerprint density at radius 1 is 0.895 bits per heavy atom. The molecule has 3 rings (SSSR count). The number of aryl methyl sites for hydroxylation is 1. The lowest BCUT2D eigenvalue weighted by Crippen LogP contribution is -2.16. The molecule has 0 atom stereocenters. The Labute approximate surface area is 111 Å². The van der Waals surface area contributed by atoms with Crippen molar-refractivity contribution in [2.75, 3.05) is 0 Å². The summed E-state index contributed by atoms with van der Waals surface area (Å²) in [5, 5.41) is 10.5. The van der Waals surface area contributed by atoms with E-state index in [-0.39, 0.29) is 5.75 Å². The normalized spacial score (nSPS) is 11.9. The van der Waals surface area contributed by atoms with Crippen molar-refractivity contribution < 1.29 is 5.11 Å². The Morgan fingerprint density at radius 2 is 1.63 bits per heavy atom. The molecule has 3 heteroatoms. The highest BCUT2D eigenvalue weighted by Crippen LogP contribution is 2.16. The van der Waals surface area contributed by atoms with Crippen molar-refractivity contribution in [2.24, 2.45) is 12.0 Å². The van der Waals surface area contributed by atoms with Gasteiger partial charge in [-0.25, -0.2) is 4.99 Å². The minimum Gasteiger partial charge on any atom is -0.508 e. The third kappa shape index (κ3) is 2.22. The number of hydrogen-bond donors (Lipinski definition) is 1. The molecule has 1 N–H and O–H groups in total. The van der Waals surface area contributed by atoms with E-state index in [2.05, 4.69) is 27.8 Å². The van der Waals surface area contributed by atoms with Crippen LogP contribution in [0.4, 0.5) is 5.69 Å². The molecule has 0 amide bonds. The van der Waals surface area contributed by atoms with E-state index < -0.39 is 0 Å². The molecule has 0 saturated carbocycles. The van der Waals surface area contributed by atoms with E-state index in [9.17, 15) is 5.11 Å². The summed E-state index contributed by atoms with van der Waals surface area (Å²) < 4.78 is 2.06. The first-order chi connectivity index (χ1) is 9.24. The number of rotatable bonds is 1. The summed E-state index contributed by atoms with van der Waals surface area (Å²) in [5.41, 5.74) is 2.84. The van der Waals surface area contributed by atoms with Crippen LogP contribution in [-0.4, -0.2) is 9.67 Å². The molecule has 0 saturated heterocycles. The van der Waals surface area contributed by atoms with Crippen LogP contribution in [0.15, 0.2) is 65.7 Å². The highest BCUT2D eigenvalue weighted by Gasteiger charge is 1.97. The van der Waals surface area contributed by atoms with Crippen LogP contribution in [0.3, 0.4) is 0 Å². The number of fused-ring (bicyclic) bond motifs is 1. The fourth-order valence-corrected chi connectivity index (χ4v) is 2.11. The molecule has 0 bridgehead atoms. The van der Waals surface area contributed by atoms with Gasteiger partial charge in [-0.2, -0.15) is 0 Å². The molecule has 2 aromatic carbocycles. The van der Waals surface area contributed by atoms with E-state index in [1.54, 1.807) is 24.3 Å². The van der Waals surface area contributed by atoms with E-state index in [0.717, 1.165) is 16.7 Å². The number of phenols is 1. The SMILES string of the molecule is Cn1c(=Nc2ccc(O)cc2)ccc2ccccc21. The van der Waals surface area contributed by atoms with Crippen LogP contribution in [0.5, 0.6) is 5.75 Å². The Balaban J connectivity index is 2.20. The summed E-state index contributed by atoms with van der Waals surface area (Å²) >= 11 is 0. The van der Waals surface area contributed by atoms with Gasteiger partial charge in [0.2, 0.25) is 0 Å². The van der Waals surface area contributed by atoms with E-state index in [0.29, 0.717) is 0 Å². The van der Waals surface area contributed by atoms with Crippen LogP contribution in [0.1, 0.15) is 0 Å². The predicted molar refractivity (Wildman–Crippen MR) is 76.2 cm³/mol. The highest BCUT2D eigenvalue weighted by molar-refractivity contribution is 5.78. The van der Waals surface area contributed by atoms with E-state index in [4.69, 9.17) is 0 Å². The Kier molecular flexibility index (Phi) is 2.80. The highest BCUT2D eigenvalue weighted by atomic mass is 16.3. The number of hydrogen-bond acceptors (Lipinski definition) is 2. The second-order valence-electron chi connectivity index (χ2n) is 4.44. The Morgan fingerprint density at radius 3 is 2.42 bits per heavy atom. The molecule has 3 nitrogen and oxygen atoms in total. The first-order valence-corrected chi connectivity index (χ1v) is 6.12. The summed E-state index contributed by atoms with van der Waals surface area (Å²) in [4.78, 5) is 4.58. The number of aromatic nitrogens is 1. The zero-order chi connectivity index (χ0) is 13.2. The second kappa shape index (κ2) is 4.61. The molecule has 19 heavy (non-hydrogen) atoms. The van der Waals surface area contributed by atoms with Gasteiger partial charge in [-0.05, 0) is 47.9 Å². The fourth-order valence-electron chi connectivity index (χ4n) is 2.11. The van der Waals surface area contributed by atoms with Gasteiger partial charge in [0, 0.05) is 12.6 Å². The molecular weight excluding hydrogens is 236 g/mol. The van der Waals surface area contributed by atoms with Crippen molar-refractivity contribution in [3.8, 4) is 5.75 Å². The van der Waals surface area contributed by atoms with Gasteiger partial charge < -0.3 is 9.67 Å². The number of phenolic OH excluding ortho intramolecular Hbond substituents is 1. The standard InChI is InChI=1S/C16H14N2O/c1-18-15-5-3-2-4-12(15)6-11-16(18)17-13-7-9-14(19)10-8-13/h2-11,19H,1H3. The molecule has 0 spiro atoms. The van der Waals surface area contributed by atoms with E-state index in [1.807, 2.05) is 25.2 Å². The number of pyridine rings is 1. The van der Waals surface area contributed by atoms with Crippen LogP contribution in [-0.2, 0) is 7.05 Å². The number of para-hydroxylation sites is 1. The molecule has 1 heterocycles. The van der Waals surface area contributed by atoms with Crippen LogP contribution >= 0.6 is 0 Å². The van der Waals surface area contributed by atoms with Crippen LogP contribution in [0.2, 0.25) is 0 Å². The summed E-state index contributed by atoms with van der Waals surface area (Å²) in [7, 11) is 2.00. The Hall–Kier alpha value is -2.55. The summed E-state index contributed by atoms with van der Waals surface area (Å²) in [6.07, 6.45) is 0. The lowest BCUT2D eigenvalue weighted by Gasteiger charge is -2.06. The van der Waals surface area contributed by atoms with Crippen molar-refractivity contribution >= 4 is 16.6 Å². The summed E-state index contributed by atoms with van der Waals surface area (Å²) in [5.74, 6) is 0.252. The van der Waals surface area contributed by atoms with Gasteiger partial charge in [0.05, 0.1) is 5.69 Å². The monoisotopic (exact) mass is 250 g/mol. The predicted octanol–water partition coefficient (Wildman–Crippen LogP) is 3.12. The van der Waals surface area contributed by atoms with Crippen LogP contribution < -0.4 is 5.49 Å². The Bertz CT molecular complexity index is 786. The summed E-state index contributed by atoms with van der Waals surface area (Å²) in [6.45, 7) is 0. The van der Waals surface area contributed by atoms with Gasteiger partial charge in [0.15, 0.2) is 0 Å². The van der Waals surface area contributed by atoms with Gasteiger partial charge in [0.25, 0.3) is 0 Å². The molecule has 0 radical (unpaired) electrons. The van der Waals surface area contributed by atoms with E-state index in [1.165, 1.54) is 5.39 Å². The van der Waals surface area contributed by atoms with Crippen molar-refractivity contribution in [1.29, 1.82) is 0 Å². The minimum atomic E-state index is 0.252. The van der Waals surface area contributed by atoms with Crippen molar-refractivity contribution in [2.45, 2.75) is 0 Å². The maximum atomic E-state index is 9.27. The van der Waals surface area contributed by atoms with E-state index >= 15 is 0 Å². The molecule has 0 fully saturated rings. The van der Waals surface area contributed by atoms with Crippen molar-refractivity contribution in [3.63, 3.8) is 0 Å². The maximum absolute atomic E-state index is 9.27. The number of nitrogens with zero attached hydrogens (tertiary/aromatic N) is 2. The van der Waals surface area contributed by atoms with Crippen LogP contribution in [0, 0.1) is 0 Å². The molecule has 0 aliphatic carbocycles. The number of benzene rings is 2. The maximum Gasteiger partial charge on any atom is 0.133 e. The van der Waals surface area contributed by atoms with Crippen molar-refractivity contribution in [3.05, 3.63) is 66.2 Å². The topological polar surface area (TPSA) is 37.5 Å². The van der Waals surface area contributed by atoms with Gasteiger partial charge in [-0.3, -0.25) is 0 Å². The zero-order valence-electron chi connectivity index (χ0n) is 10.6. The first kappa shape index (κ1) is 11.5. The van der Waals surface area contributed by atoms with Gasteiger partial charge in [0.1, 0.15) is 11.2 Å². The molecular formula is C16H14N2O. The van der Waals surface area contributed by atoms with Crippen molar-refractivity contribution in [1.82, 2.24) is 4.57 Å². The smallest absolute Gasteiger partial charge is 0.133 e. The van der Waals surface area contributed by atoms with Gasteiger partial charge >= 0.3 is 0 Å². The van der Waals surface area contributed by atoms with Gasteiger partial charge in [-0.15, -0.1) is 0 Å². The lowest BCUT2D eigenvalue weighted by molar-refractivity contribution is 0.475. The third-order valence-corrected chi connectivity index (χ3v) is 3.15. The minimum absolute atomic E-state index is 0.252. The second-order valence-corrected chi connectivity index (χ2v) is 4.44. The molecule has 94 valence electrons. The summed E-state index contributed by atoms with van der Waals surface area (Å²) in [6, 6.07) is 19.1. The molecule has 0 aliphatic rings. The largest absolute Gasteiger partial charge is 0.508 e. The lowest BCUT2D eigenvalue weighted by atomic mass is 10.2.